The fraction of sp³-hybridized carbons (Fsp3) is 0.538. The number of carbonyl (C=O) groups excluding carboxylic acids is 2. The first-order valence-electron chi connectivity index (χ1n) is 6.74. The number of nitrogens with one attached hydrogen (secondary N) is 1. The summed E-state index contributed by atoms with van der Waals surface area (Å²) in [4.78, 5) is 27.6. The Morgan fingerprint density at radius 2 is 2.00 bits per heavy atom. The molecule has 0 aromatic carbocycles. The molecule has 0 saturated carbocycles. The lowest BCUT2D eigenvalue weighted by molar-refractivity contribution is -0.131. The molecule has 0 aliphatic carbocycles. The monoisotopic (exact) mass is 359 g/mol. The van der Waals surface area contributed by atoms with Crippen molar-refractivity contribution in [2.24, 2.45) is 0 Å². The molecule has 2 amide bonds. The van der Waals surface area contributed by atoms with Gasteiger partial charge in [-0.15, -0.1) is 0 Å². The summed E-state index contributed by atoms with van der Waals surface area (Å²) < 4.78 is 5.58. The summed E-state index contributed by atoms with van der Waals surface area (Å²) in [5, 5.41) is 11.4. The van der Waals surface area contributed by atoms with Gasteiger partial charge in [-0.1, -0.05) is 0 Å². The number of nitrogens with zero attached hydrogens (tertiary/aromatic N) is 2. The van der Waals surface area contributed by atoms with Crippen molar-refractivity contribution in [3.8, 4) is 0 Å². The highest BCUT2D eigenvalue weighted by molar-refractivity contribution is 9.10. The first kappa shape index (κ1) is 16.0. The van der Waals surface area contributed by atoms with Crippen LogP contribution < -0.4 is 5.32 Å². The minimum Gasteiger partial charge on any atom is -0.444 e. The normalized spacial score (nSPS) is 16.0. The molecule has 0 radical (unpaired) electrons. The SMILES string of the molecule is O=C(NCC(=O)N1CCN(CCO)CC1)c1ccc(Br)o1. The molecule has 2 N–H and O–H groups in total. The Labute approximate surface area is 131 Å². The lowest BCUT2D eigenvalue weighted by Crippen LogP contribution is -2.51. The maximum absolute atomic E-state index is 12.0. The fourth-order valence-corrected chi connectivity index (χ4v) is 2.46. The molecule has 1 saturated heterocycles. The Bertz CT molecular complexity index is 497. The molecule has 7 nitrogen and oxygen atoms in total. The Hall–Kier alpha value is -1.38. The van der Waals surface area contributed by atoms with Gasteiger partial charge in [0.15, 0.2) is 10.4 Å². The number of rotatable bonds is 5. The van der Waals surface area contributed by atoms with Crippen LogP contribution in [0.4, 0.5) is 0 Å². The van der Waals surface area contributed by atoms with Crippen molar-refractivity contribution in [2.45, 2.75) is 0 Å². The Kier molecular flexibility index (Phi) is 5.77. The average molecular weight is 360 g/mol. The molecule has 0 unspecified atom stereocenters. The number of hydrogen-bond donors (Lipinski definition) is 2. The number of carbonyl (C=O) groups is 2. The molecule has 0 bridgehead atoms. The summed E-state index contributed by atoms with van der Waals surface area (Å²) >= 11 is 3.12. The summed E-state index contributed by atoms with van der Waals surface area (Å²) in [6, 6.07) is 3.16. The van der Waals surface area contributed by atoms with Crippen molar-refractivity contribution in [1.29, 1.82) is 0 Å². The van der Waals surface area contributed by atoms with Crippen LogP contribution in [0.25, 0.3) is 0 Å². The quantitative estimate of drug-likeness (QED) is 0.767. The molecule has 1 aromatic rings. The summed E-state index contributed by atoms with van der Waals surface area (Å²) in [6.45, 7) is 3.42. The van der Waals surface area contributed by atoms with Crippen molar-refractivity contribution in [3.63, 3.8) is 0 Å². The Morgan fingerprint density at radius 3 is 2.57 bits per heavy atom. The first-order chi connectivity index (χ1) is 10.1. The van der Waals surface area contributed by atoms with Crippen LogP contribution in [0, 0.1) is 0 Å². The van der Waals surface area contributed by atoms with E-state index in [1.165, 1.54) is 6.07 Å². The summed E-state index contributed by atoms with van der Waals surface area (Å²) in [6.07, 6.45) is 0. The van der Waals surface area contributed by atoms with Crippen molar-refractivity contribution in [1.82, 2.24) is 15.1 Å². The lowest BCUT2D eigenvalue weighted by atomic mass is 10.3. The number of hydrogen-bond acceptors (Lipinski definition) is 5. The van der Waals surface area contributed by atoms with Crippen molar-refractivity contribution in [3.05, 3.63) is 22.6 Å². The lowest BCUT2D eigenvalue weighted by Gasteiger charge is -2.34. The molecule has 1 aromatic heterocycles. The van der Waals surface area contributed by atoms with E-state index >= 15 is 0 Å². The second-order valence-electron chi connectivity index (χ2n) is 4.73. The summed E-state index contributed by atoms with van der Waals surface area (Å²) in [5.41, 5.74) is 0. The Morgan fingerprint density at radius 1 is 1.29 bits per heavy atom. The number of piperazine rings is 1. The van der Waals surface area contributed by atoms with E-state index in [0.29, 0.717) is 24.3 Å². The van der Waals surface area contributed by atoms with E-state index in [1.807, 2.05) is 0 Å². The first-order valence-corrected chi connectivity index (χ1v) is 7.54. The standard InChI is InChI=1S/C13H18BrN3O4/c14-11-2-1-10(21-11)13(20)15-9-12(19)17-5-3-16(4-6-17)7-8-18/h1-2,18H,3-9H2,(H,15,20). The van der Waals surface area contributed by atoms with Gasteiger partial charge >= 0.3 is 0 Å². The van der Waals surface area contributed by atoms with E-state index in [4.69, 9.17) is 9.52 Å². The van der Waals surface area contributed by atoms with E-state index in [-0.39, 0.29) is 24.8 Å². The number of furan rings is 1. The molecule has 116 valence electrons. The summed E-state index contributed by atoms with van der Waals surface area (Å²) in [7, 11) is 0. The van der Waals surface area contributed by atoms with Gasteiger partial charge in [-0.3, -0.25) is 14.5 Å². The molecule has 2 heterocycles. The maximum Gasteiger partial charge on any atom is 0.287 e. The molecule has 2 rings (SSSR count). The van der Waals surface area contributed by atoms with Crippen LogP contribution in [0.1, 0.15) is 10.6 Å². The third-order valence-corrected chi connectivity index (χ3v) is 3.76. The second kappa shape index (κ2) is 7.58. The molecular weight excluding hydrogens is 342 g/mol. The zero-order chi connectivity index (χ0) is 15.2. The fourth-order valence-electron chi connectivity index (χ4n) is 2.15. The van der Waals surface area contributed by atoms with E-state index in [9.17, 15) is 9.59 Å². The van der Waals surface area contributed by atoms with Crippen molar-refractivity contribution >= 4 is 27.7 Å². The van der Waals surface area contributed by atoms with Gasteiger partial charge < -0.3 is 19.7 Å². The molecule has 0 atom stereocenters. The van der Waals surface area contributed by atoms with Gasteiger partial charge in [0.05, 0.1) is 13.2 Å². The smallest absolute Gasteiger partial charge is 0.287 e. The van der Waals surface area contributed by atoms with Gasteiger partial charge in [0, 0.05) is 32.7 Å². The highest BCUT2D eigenvalue weighted by atomic mass is 79.9. The number of aliphatic hydroxyl groups excluding tert-OH is 1. The predicted octanol–water partition coefficient (Wildman–Crippen LogP) is -0.0916. The zero-order valence-corrected chi connectivity index (χ0v) is 13.1. The summed E-state index contributed by atoms with van der Waals surface area (Å²) in [5.74, 6) is -0.354. The number of aliphatic hydroxyl groups is 1. The van der Waals surface area contributed by atoms with E-state index < -0.39 is 5.91 Å². The average Bonchev–Trinajstić information content (AvgIpc) is 2.92. The topological polar surface area (TPSA) is 86.0 Å². The highest BCUT2D eigenvalue weighted by Crippen LogP contribution is 2.13. The van der Waals surface area contributed by atoms with Crippen LogP contribution >= 0.6 is 15.9 Å². The van der Waals surface area contributed by atoms with E-state index in [2.05, 4.69) is 26.1 Å². The van der Waals surface area contributed by atoms with Gasteiger partial charge in [-0.05, 0) is 28.1 Å². The third kappa shape index (κ3) is 4.55. The number of halogens is 1. The van der Waals surface area contributed by atoms with Crippen LogP contribution in [0.2, 0.25) is 0 Å². The van der Waals surface area contributed by atoms with E-state index in [0.717, 1.165) is 13.1 Å². The van der Waals surface area contributed by atoms with Gasteiger partial charge in [-0.2, -0.15) is 0 Å². The van der Waals surface area contributed by atoms with Gasteiger partial charge in [0.25, 0.3) is 5.91 Å². The molecule has 1 fully saturated rings. The molecule has 1 aliphatic rings. The number of β-amino-alcohol motifs (C(OH)–C–C–N with tert-alkyl or cyclic N) is 1. The van der Waals surface area contributed by atoms with Crippen molar-refractivity contribution in [2.75, 3.05) is 45.9 Å². The molecule has 8 heteroatoms. The molecule has 1 aliphatic heterocycles. The number of amides is 2. The van der Waals surface area contributed by atoms with Gasteiger partial charge in [-0.25, -0.2) is 0 Å². The predicted molar refractivity (Wildman–Crippen MR) is 78.8 cm³/mol. The van der Waals surface area contributed by atoms with Crippen LogP contribution in [0.5, 0.6) is 0 Å². The van der Waals surface area contributed by atoms with Crippen LogP contribution in [0.3, 0.4) is 0 Å². The minimum absolute atomic E-state index is 0.0445. The third-order valence-electron chi connectivity index (χ3n) is 3.34. The van der Waals surface area contributed by atoms with Crippen LogP contribution in [-0.2, 0) is 4.79 Å². The zero-order valence-electron chi connectivity index (χ0n) is 11.5. The minimum atomic E-state index is -0.409. The Balaban J connectivity index is 1.74. The van der Waals surface area contributed by atoms with Crippen molar-refractivity contribution < 1.29 is 19.1 Å². The largest absolute Gasteiger partial charge is 0.444 e. The second-order valence-corrected chi connectivity index (χ2v) is 5.51. The van der Waals surface area contributed by atoms with Crippen LogP contribution in [0.15, 0.2) is 21.2 Å². The molecule has 21 heavy (non-hydrogen) atoms. The molecular formula is C13H18BrN3O4. The van der Waals surface area contributed by atoms with Gasteiger partial charge in [0.2, 0.25) is 5.91 Å². The van der Waals surface area contributed by atoms with Gasteiger partial charge in [0.1, 0.15) is 0 Å². The maximum atomic E-state index is 12.0. The van der Waals surface area contributed by atoms with Crippen LogP contribution in [-0.4, -0.2) is 72.6 Å². The highest BCUT2D eigenvalue weighted by Gasteiger charge is 2.21. The van der Waals surface area contributed by atoms with E-state index in [1.54, 1.807) is 11.0 Å². The molecule has 0 spiro atoms.